The van der Waals surface area contributed by atoms with Gasteiger partial charge in [0, 0.05) is 11.1 Å². The molecule has 5 aromatic rings. The normalized spacial score (nSPS) is 10.6. The second-order valence-corrected chi connectivity index (χ2v) is 7.15. The molecule has 4 aromatic carbocycles. The van der Waals surface area contributed by atoms with Gasteiger partial charge in [-0.15, -0.1) is 10.2 Å². The Morgan fingerprint density at radius 1 is 0.531 bits per heavy atom. The van der Waals surface area contributed by atoms with Gasteiger partial charge >= 0.3 is 0 Å². The molecule has 0 spiro atoms. The molecule has 0 N–H and O–H groups in total. The smallest absolute Gasteiger partial charge is 0.248 e. The highest BCUT2D eigenvalue weighted by Crippen LogP contribution is 2.28. The molecule has 1 heterocycles. The van der Waals surface area contributed by atoms with Crippen molar-refractivity contribution in [2.24, 2.45) is 0 Å². The number of rotatable bonds is 7. The first-order chi connectivity index (χ1) is 15.8. The zero-order chi connectivity index (χ0) is 21.6. The minimum Gasteiger partial charge on any atom is -0.489 e. The zero-order valence-electron chi connectivity index (χ0n) is 17.2. The van der Waals surface area contributed by atoms with Gasteiger partial charge in [0.1, 0.15) is 23.9 Å². The molecular formula is C27H20N2O3. The number of ether oxygens (including phenoxy) is 2. The van der Waals surface area contributed by atoms with Crippen LogP contribution in [0, 0.1) is 0 Å². The molecule has 32 heavy (non-hydrogen) atoms. The minimum absolute atomic E-state index is 0.454. The minimum atomic E-state index is 0.454. The number of hydrogen-bond donors (Lipinski definition) is 0. The SMILES string of the molecule is c1ccc(COc2ccc(-c3nnc(-c4ccc(Oc5ccccc5)cc4)o3)cc2)cc1. The standard InChI is InChI=1S/C27H20N2O3/c1-3-7-20(8-4-1)19-30-23-15-11-21(12-16-23)26-28-29-27(32-26)22-13-17-25(18-14-22)31-24-9-5-2-6-10-24/h1-18H,19H2. The fourth-order valence-electron chi connectivity index (χ4n) is 3.18. The van der Waals surface area contributed by atoms with Crippen molar-refractivity contribution in [2.45, 2.75) is 6.61 Å². The summed E-state index contributed by atoms with van der Waals surface area (Å²) in [5.74, 6) is 3.23. The van der Waals surface area contributed by atoms with Gasteiger partial charge in [0.2, 0.25) is 11.8 Å². The van der Waals surface area contributed by atoms with Gasteiger partial charge in [-0.2, -0.15) is 0 Å². The molecule has 0 saturated heterocycles. The van der Waals surface area contributed by atoms with Crippen molar-refractivity contribution in [1.82, 2.24) is 10.2 Å². The molecule has 0 aliphatic carbocycles. The van der Waals surface area contributed by atoms with Gasteiger partial charge in [0.15, 0.2) is 0 Å². The molecule has 5 heteroatoms. The first-order valence-electron chi connectivity index (χ1n) is 10.3. The van der Waals surface area contributed by atoms with E-state index in [2.05, 4.69) is 10.2 Å². The maximum atomic E-state index is 5.88. The van der Waals surface area contributed by atoms with E-state index in [-0.39, 0.29) is 0 Å². The van der Waals surface area contributed by atoms with E-state index in [1.54, 1.807) is 0 Å². The monoisotopic (exact) mass is 420 g/mol. The maximum absolute atomic E-state index is 5.88. The average molecular weight is 420 g/mol. The van der Waals surface area contributed by atoms with Crippen molar-refractivity contribution in [1.29, 1.82) is 0 Å². The van der Waals surface area contributed by atoms with Gasteiger partial charge in [-0.25, -0.2) is 0 Å². The molecular weight excluding hydrogens is 400 g/mol. The fraction of sp³-hybridized carbons (Fsp3) is 0.0370. The number of benzene rings is 4. The summed E-state index contributed by atoms with van der Waals surface area (Å²) in [5, 5.41) is 8.37. The van der Waals surface area contributed by atoms with Gasteiger partial charge in [-0.3, -0.25) is 0 Å². The van der Waals surface area contributed by atoms with Crippen LogP contribution in [-0.4, -0.2) is 10.2 Å². The van der Waals surface area contributed by atoms with Crippen LogP contribution in [0.5, 0.6) is 17.2 Å². The first-order valence-corrected chi connectivity index (χ1v) is 10.3. The van der Waals surface area contributed by atoms with Crippen LogP contribution in [0.3, 0.4) is 0 Å². The predicted molar refractivity (Wildman–Crippen MR) is 122 cm³/mol. The van der Waals surface area contributed by atoms with E-state index in [1.165, 1.54) is 0 Å². The van der Waals surface area contributed by atoms with Crippen LogP contribution in [0.2, 0.25) is 0 Å². The summed E-state index contributed by atoms with van der Waals surface area (Å²) in [4.78, 5) is 0. The van der Waals surface area contributed by atoms with Crippen molar-refractivity contribution < 1.29 is 13.9 Å². The molecule has 156 valence electrons. The predicted octanol–water partition coefficient (Wildman–Crippen LogP) is 6.77. The Morgan fingerprint density at radius 3 is 1.62 bits per heavy atom. The highest BCUT2D eigenvalue weighted by Gasteiger charge is 2.11. The van der Waals surface area contributed by atoms with Crippen molar-refractivity contribution in [3.05, 3.63) is 115 Å². The third kappa shape index (κ3) is 4.68. The topological polar surface area (TPSA) is 57.4 Å². The summed E-state index contributed by atoms with van der Waals surface area (Å²) < 4.78 is 17.5. The van der Waals surface area contributed by atoms with E-state index < -0.39 is 0 Å². The Labute approximate surface area is 185 Å². The molecule has 0 radical (unpaired) electrons. The van der Waals surface area contributed by atoms with Crippen molar-refractivity contribution in [3.63, 3.8) is 0 Å². The average Bonchev–Trinajstić information content (AvgIpc) is 3.35. The van der Waals surface area contributed by atoms with E-state index in [0.29, 0.717) is 18.4 Å². The third-order valence-corrected chi connectivity index (χ3v) is 4.85. The zero-order valence-corrected chi connectivity index (χ0v) is 17.2. The molecule has 1 aromatic heterocycles. The largest absolute Gasteiger partial charge is 0.489 e. The second-order valence-electron chi connectivity index (χ2n) is 7.15. The number of hydrogen-bond acceptors (Lipinski definition) is 5. The van der Waals surface area contributed by atoms with Crippen LogP contribution in [0.1, 0.15) is 5.56 Å². The Balaban J connectivity index is 1.24. The highest BCUT2D eigenvalue weighted by atomic mass is 16.5. The molecule has 0 aliphatic heterocycles. The first kappa shape index (κ1) is 19.6. The van der Waals surface area contributed by atoms with Gasteiger partial charge in [0.25, 0.3) is 0 Å². The summed E-state index contributed by atoms with van der Waals surface area (Å²) >= 11 is 0. The molecule has 0 bridgehead atoms. The van der Waals surface area contributed by atoms with Crippen LogP contribution < -0.4 is 9.47 Å². The lowest BCUT2D eigenvalue weighted by molar-refractivity contribution is 0.306. The van der Waals surface area contributed by atoms with Gasteiger partial charge < -0.3 is 13.9 Å². The van der Waals surface area contributed by atoms with Crippen LogP contribution in [-0.2, 0) is 6.61 Å². The van der Waals surface area contributed by atoms with E-state index in [4.69, 9.17) is 13.9 Å². The van der Waals surface area contributed by atoms with Crippen LogP contribution in [0.4, 0.5) is 0 Å². The Kier molecular flexibility index (Phi) is 5.62. The number of aromatic nitrogens is 2. The maximum Gasteiger partial charge on any atom is 0.248 e. The van der Waals surface area contributed by atoms with Crippen LogP contribution in [0.25, 0.3) is 22.9 Å². The summed E-state index contributed by atoms with van der Waals surface area (Å²) in [6, 6.07) is 34.9. The van der Waals surface area contributed by atoms with Gasteiger partial charge in [-0.05, 0) is 66.2 Å². The van der Waals surface area contributed by atoms with E-state index >= 15 is 0 Å². The van der Waals surface area contributed by atoms with Gasteiger partial charge in [-0.1, -0.05) is 48.5 Å². The van der Waals surface area contributed by atoms with Crippen molar-refractivity contribution in [3.8, 4) is 40.2 Å². The molecule has 0 amide bonds. The third-order valence-electron chi connectivity index (χ3n) is 4.85. The Morgan fingerprint density at radius 2 is 1.03 bits per heavy atom. The van der Waals surface area contributed by atoms with Gasteiger partial charge in [0.05, 0.1) is 0 Å². The van der Waals surface area contributed by atoms with E-state index in [1.807, 2.05) is 109 Å². The summed E-state index contributed by atoms with van der Waals surface area (Å²) in [7, 11) is 0. The molecule has 0 aliphatic rings. The Bertz CT molecular complexity index is 1270. The van der Waals surface area contributed by atoms with Crippen molar-refractivity contribution in [2.75, 3.05) is 0 Å². The lowest BCUT2D eigenvalue weighted by Gasteiger charge is -2.06. The fourth-order valence-corrected chi connectivity index (χ4v) is 3.18. The van der Waals surface area contributed by atoms with E-state index in [0.717, 1.165) is 33.9 Å². The van der Waals surface area contributed by atoms with Crippen LogP contribution in [0.15, 0.2) is 114 Å². The van der Waals surface area contributed by atoms with Crippen molar-refractivity contribution >= 4 is 0 Å². The molecule has 5 rings (SSSR count). The lowest BCUT2D eigenvalue weighted by Crippen LogP contribution is -1.94. The molecule has 0 saturated carbocycles. The highest BCUT2D eigenvalue weighted by molar-refractivity contribution is 5.59. The van der Waals surface area contributed by atoms with E-state index in [9.17, 15) is 0 Å². The summed E-state index contributed by atoms with van der Waals surface area (Å²) in [6.45, 7) is 0.523. The molecule has 0 unspecified atom stereocenters. The number of nitrogens with zero attached hydrogens (tertiary/aromatic N) is 2. The second kappa shape index (κ2) is 9.18. The van der Waals surface area contributed by atoms with Crippen LogP contribution >= 0.6 is 0 Å². The summed E-state index contributed by atoms with van der Waals surface area (Å²) in [5.41, 5.74) is 2.78. The Hall–Kier alpha value is -4.38. The molecule has 0 fully saturated rings. The number of para-hydroxylation sites is 1. The molecule has 0 atom stereocenters. The quantitative estimate of drug-likeness (QED) is 0.291. The lowest BCUT2D eigenvalue weighted by atomic mass is 10.2. The summed E-state index contributed by atoms with van der Waals surface area (Å²) in [6.07, 6.45) is 0. The molecule has 5 nitrogen and oxygen atoms in total.